The number of hydrogen-bond acceptors (Lipinski definition) is 4. The van der Waals surface area contributed by atoms with Crippen molar-refractivity contribution in [3.8, 4) is 5.75 Å². The van der Waals surface area contributed by atoms with Crippen molar-refractivity contribution in [3.63, 3.8) is 0 Å². The molecule has 0 saturated carbocycles. The molecule has 6 nitrogen and oxygen atoms in total. The molecule has 0 aliphatic carbocycles. The Kier molecular flexibility index (Phi) is 5.09. The number of ether oxygens (including phenoxy) is 1. The van der Waals surface area contributed by atoms with Crippen LogP contribution in [0.15, 0.2) is 48.5 Å². The molecule has 2 amide bonds. The number of para-hydroxylation sites is 1. The van der Waals surface area contributed by atoms with Gasteiger partial charge in [0.25, 0.3) is 0 Å². The molecule has 23 heavy (non-hydrogen) atoms. The largest absolute Gasteiger partial charge is 0.497 e. The van der Waals surface area contributed by atoms with Gasteiger partial charge >= 0.3 is 11.8 Å². The first-order valence-electron chi connectivity index (χ1n) is 6.84. The Labute approximate surface area is 133 Å². The van der Waals surface area contributed by atoms with E-state index in [2.05, 4.69) is 5.32 Å². The molecule has 6 heteroatoms. The fraction of sp³-hybridized carbons (Fsp3) is 0.118. The number of nitrogens with zero attached hydrogens (tertiary/aromatic N) is 1. The van der Waals surface area contributed by atoms with Crippen molar-refractivity contribution in [1.82, 2.24) is 0 Å². The molecular weight excluding hydrogens is 296 g/mol. The molecule has 2 aromatic rings. The van der Waals surface area contributed by atoms with Gasteiger partial charge in [0.2, 0.25) is 0 Å². The molecule has 0 aromatic heterocycles. The van der Waals surface area contributed by atoms with Crippen LogP contribution in [0.2, 0.25) is 0 Å². The quantitative estimate of drug-likeness (QED) is 0.693. The molecule has 2 rings (SSSR count). The van der Waals surface area contributed by atoms with Crippen LogP contribution in [0.25, 0.3) is 0 Å². The standard InChI is InChI=1S/C17H16N2O4/c1-19(13-7-9-14(23-2)10-8-13)17(22)16(21)18-15-6-4-3-5-12(15)11-20/h3-11H,1-2H3,(H,18,21). The van der Waals surface area contributed by atoms with Gasteiger partial charge < -0.3 is 15.0 Å². The third kappa shape index (κ3) is 3.74. The summed E-state index contributed by atoms with van der Waals surface area (Å²) in [4.78, 5) is 36.4. The highest BCUT2D eigenvalue weighted by molar-refractivity contribution is 6.44. The first-order valence-corrected chi connectivity index (χ1v) is 6.84. The third-order valence-electron chi connectivity index (χ3n) is 3.29. The summed E-state index contributed by atoms with van der Waals surface area (Å²) in [5.41, 5.74) is 1.15. The highest BCUT2D eigenvalue weighted by Crippen LogP contribution is 2.19. The summed E-state index contributed by atoms with van der Waals surface area (Å²) in [6.45, 7) is 0. The van der Waals surface area contributed by atoms with Gasteiger partial charge in [0.05, 0.1) is 12.8 Å². The van der Waals surface area contributed by atoms with Gasteiger partial charge in [-0.15, -0.1) is 0 Å². The normalized spacial score (nSPS) is 9.83. The predicted molar refractivity (Wildman–Crippen MR) is 86.9 cm³/mol. The molecule has 2 aromatic carbocycles. The van der Waals surface area contributed by atoms with E-state index in [1.54, 1.807) is 55.6 Å². The number of carbonyl (C=O) groups is 3. The molecule has 0 unspecified atom stereocenters. The fourth-order valence-corrected chi connectivity index (χ4v) is 1.96. The molecule has 0 aliphatic heterocycles. The fourth-order valence-electron chi connectivity index (χ4n) is 1.96. The number of likely N-dealkylation sites (N-methyl/N-ethyl adjacent to an activating group) is 1. The second kappa shape index (κ2) is 7.22. The Balaban J connectivity index is 2.12. The first-order chi connectivity index (χ1) is 11.1. The second-order valence-electron chi connectivity index (χ2n) is 4.72. The van der Waals surface area contributed by atoms with Gasteiger partial charge in [0, 0.05) is 18.3 Å². The van der Waals surface area contributed by atoms with Gasteiger partial charge in [-0.05, 0) is 36.4 Å². The van der Waals surface area contributed by atoms with Crippen molar-refractivity contribution in [3.05, 3.63) is 54.1 Å². The average molecular weight is 312 g/mol. The Morgan fingerprint density at radius 3 is 2.35 bits per heavy atom. The zero-order chi connectivity index (χ0) is 16.8. The minimum Gasteiger partial charge on any atom is -0.497 e. The van der Waals surface area contributed by atoms with E-state index in [0.29, 0.717) is 29.0 Å². The lowest BCUT2D eigenvalue weighted by Crippen LogP contribution is -2.37. The molecule has 0 heterocycles. The molecule has 0 fully saturated rings. The summed E-state index contributed by atoms with van der Waals surface area (Å²) in [7, 11) is 3.04. The van der Waals surface area contributed by atoms with Crippen LogP contribution >= 0.6 is 0 Å². The van der Waals surface area contributed by atoms with Gasteiger partial charge in [0.15, 0.2) is 6.29 Å². The van der Waals surface area contributed by atoms with Crippen molar-refractivity contribution in [2.45, 2.75) is 0 Å². The summed E-state index contributed by atoms with van der Waals surface area (Å²) in [5, 5.41) is 2.45. The van der Waals surface area contributed by atoms with E-state index in [-0.39, 0.29) is 0 Å². The van der Waals surface area contributed by atoms with Gasteiger partial charge in [-0.2, -0.15) is 0 Å². The van der Waals surface area contributed by atoms with E-state index in [9.17, 15) is 14.4 Å². The third-order valence-corrected chi connectivity index (χ3v) is 3.29. The maximum absolute atomic E-state index is 12.2. The van der Waals surface area contributed by atoms with Gasteiger partial charge in [-0.1, -0.05) is 12.1 Å². The van der Waals surface area contributed by atoms with Gasteiger partial charge in [-0.25, -0.2) is 0 Å². The van der Waals surface area contributed by atoms with Gasteiger partial charge in [0.1, 0.15) is 5.75 Å². The van der Waals surface area contributed by atoms with E-state index >= 15 is 0 Å². The van der Waals surface area contributed by atoms with E-state index in [4.69, 9.17) is 4.74 Å². The molecule has 118 valence electrons. The number of nitrogens with one attached hydrogen (secondary N) is 1. The van der Waals surface area contributed by atoms with Gasteiger partial charge in [-0.3, -0.25) is 14.4 Å². The summed E-state index contributed by atoms with van der Waals surface area (Å²) in [6.07, 6.45) is 0.618. The molecule has 0 spiro atoms. The summed E-state index contributed by atoms with van der Waals surface area (Å²) in [6, 6.07) is 13.2. The molecule has 0 radical (unpaired) electrons. The maximum atomic E-state index is 12.2. The Morgan fingerprint density at radius 2 is 1.74 bits per heavy atom. The lowest BCUT2D eigenvalue weighted by molar-refractivity contribution is -0.134. The maximum Gasteiger partial charge on any atom is 0.316 e. The van der Waals surface area contributed by atoms with Crippen LogP contribution in [0, 0.1) is 0 Å². The smallest absolute Gasteiger partial charge is 0.316 e. The van der Waals surface area contributed by atoms with Crippen molar-refractivity contribution >= 4 is 29.5 Å². The number of amides is 2. The van der Waals surface area contributed by atoms with E-state index in [1.165, 1.54) is 11.9 Å². The Hall–Kier alpha value is -3.15. The van der Waals surface area contributed by atoms with Crippen molar-refractivity contribution in [2.75, 3.05) is 24.4 Å². The van der Waals surface area contributed by atoms with Crippen LogP contribution in [0.3, 0.4) is 0 Å². The minimum atomic E-state index is -0.822. The number of carbonyl (C=O) groups excluding carboxylic acids is 3. The number of hydrogen-bond donors (Lipinski definition) is 1. The summed E-state index contributed by atoms with van der Waals surface area (Å²) in [5.74, 6) is -0.910. The number of anilines is 2. The highest BCUT2D eigenvalue weighted by Gasteiger charge is 2.20. The number of benzene rings is 2. The molecule has 1 N–H and O–H groups in total. The van der Waals surface area contributed by atoms with Crippen molar-refractivity contribution in [1.29, 1.82) is 0 Å². The molecular formula is C17H16N2O4. The zero-order valence-electron chi connectivity index (χ0n) is 12.8. The van der Waals surface area contributed by atoms with Crippen LogP contribution in [0.5, 0.6) is 5.75 Å². The predicted octanol–water partition coefficient (Wildman–Crippen LogP) is 2.11. The van der Waals surface area contributed by atoms with Crippen molar-refractivity contribution < 1.29 is 19.1 Å². The van der Waals surface area contributed by atoms with Crippen LogP contribution in [0.1, 0.15) is 10.4 Å². The molecule has 0 bridgehead atoms. The lowest BCUT2D eigenvalue weighted by atomic mass is 10.2. The van der Waals surface area contributed by atoms with Crippen LogP contribution in [-0.2, 0) is 9.59 Å². The summed E-state index contributed by atoms with van der Waals surface area (Å²) < 4.78 is 5.05. The number of methoxy groups -OCH3 is 1. The Morgan fingerprint density at radius 1 is 1.09 bits per heavy atom. The van der Waals surface area contributed by atoms with E-state index in [1.807, 2.05) is 0 Å². The zero-order valence-corrected chi connectivity index (χ0v) is 12.8. The molecule has 0 atom stereocenters. The lowest BCUT2D eigenvalue weighted by Gasteiger charge is -2.17. The molecule has 0 aliphatic rings. The number of aldehydes is 1. The van der Waals surface area contributed by atoms with Crippen LogP contribution in [-0.4, -0.2) is 32.3 Å². The highest BCUT2D eigenvalue weighted by atomic mass is 16.5. The number of rotatable bonds is 4. The molecule has 0 saturated heterocycles. The monoisotopic (exact) mass is 312 g/mol. The average Bonchev–Trinajstić information content (AvgIpc) is 2.61. The van der Waals surface area contributed by atoms with Crippen molar-refractivity contribution in [2.24, 2.45) is 0 Å². The van der Waals surface area contributed by atoms with Crippen LogP contribution < -0.4 is 15.0 Å². The second-order valence-corrected chi connectivity index (χ2v) is 4.72. The van der Waals surface area contributed by atoms with E-state index < -0.39 is 11.8 Å². The van der Waals surface area contributed by atoms with E-state index in [0.717, 1.165) is 0 Å². The SMILES string of the molecule is COc1ccc(N(C)C(=O)C(=O)Nc2ccccc2C=O)cc1. The Bertz CT molecular complexity index is 726. The topological polar surface area (TPSA) is 75.7 Å². The van der Waals surface area contributed by atoms with Crippen LogP contribution in [0.4, 0.5) is 11.4 Å². The summed E-state index contributed by atoms with van der Waals surface area (Å²) >= 11 is 0. The first kappa shape index (κ1) is 16.2. The minimum absolute atomic E-state index is 0.295.